The third kappa shape index (κ3) is 4.82. The van der Waals surface area contributed by atoms with Crippen LogP contribution < -0.4 is 5.32 Å². The number of nitrogens with one attached hydrogen (secondary N) is 1. The first kappa shape index (κ1) is 22.0. The van der Waals surface area contributed by atoms with Crippen LogP contribution in [0.4, 0.5) is 14.7 Å². The zero-order chi connectivity index (χ0) is 22.8. The topological polar surface area (TPSA) is 119 Å². The Balaban J connectivity index is 1.44. The van der Waals surface area contributed by atoms with Crippen molar-refractivity contribution in [1.29, 1.82) is 0 Å². The lowest BCUT2D eigenvalue weighted by molar-refractivity contribution is 0.0551. The highest BCUT2D eigenvalue weighted by molar-refractivity contribution is 7.18. The van der Waals surface area contributed by atoms with Gasteiger partial charge in [0.15, 0.2) is 0 Å². The van der Waals surface area contributed by atoms with Crippen LogP contribution in [0.5, 0.6) is 0 Å². The van der Waals surface area contributed by atoms with Crippen molar-refractivity contribution in [3.8, 4) is 10.6 Å². The van der Waals surface area contributed by atoms with E-state index in [4.69, 9.17) is 0 Å². The molecule has 2 fully saturated rings. The van der Waals surface area contributed by atoms with Crippen LogP contribution in [0.15, 0.2) is 24.3 Å². The maximum Gasteiger partial charge on any atom is 0.407 e. The average molecular weight is 459 g/mol. The third-order valence-corrected chi connectivity index (χ3v) is 6.61. The Hall–Kier alpha value is -3.21. The molecular weight excluding hydrogens is 432 g/mol. The summed E-state index contributed by atoms with van der Waals surface area (Å²) < 4.78 is 0. The number of piperidine rings is 1. The normalized spacial score (nSPS) is 16.5. The molecule has 1 aromatic heterocycles. The van der Waals surface area contributed by atoms with Crippen molar-refractivity contribution in [1.82, 2.24) is 24.9 Å². The Kier molecular flexibility index (Phi) is 6.26. The highest BCUT2D eigenvalue weighted by atomic mass is 32.1. The van der Waals surface area contributed by atoms with Crippen LogP contribution in [0, 0.1) is 0 Å². The van der Waals surface area contributed by atoms with Crippen molar-refractivity contribution >= 4 is 34.5 Å². The van der Waals surface area contributed by atoms with Crippen LogP contribution in [0.3, 0.4) is 0 Å². The smallest absolute Gasteiger partial charge is 0.407 e. The monoisotopic (exact) mass is 458 g/mol. The maximum atomic E-state index is 13.3. The fraction of sp³-hybridized carbons (Fsp3) is 0.476. The van der Waals surface area contributed by atoms with Crippen LogP contribution in [0.1, 0.15) is 36.0 Å². The summed E-state index contributed by atoms with van der Waals surface area (Å²) in [4.78, 5) is 41.0. The zero-order valence-electron chi connectivity index (χ0n) is 18.0. The van der Waals surface area contributed by atoms with E-state index in [-0.39, 0.29) is 24.0 Å². The summed E-state index contributed by atoms with van der Waals surface area (Å²) in [6.45, 7) is 0.915. The van der Waals surface area contributed by atoms with Crippen LogP contribution in [0.2, 0.25) is 0 Å². The molecule has 11 heteroatoms. The molecule has 10 nitrogen and oxygen atoms in total. The van der Waals surface area contributed by atoms with Crippen molar-refractivity contribution in [2.45, 2.75) is 37.8 Å². The molecule has 2 heterocycles. The van der Waals surface area contributed by atoms with Gasteiger partial charge in [-0.25, -0.2) is 9.59 Å². The van der Waals surface area contributed by atoms with Gasteiger partial charge in [0, 0.05) is 50.4 Å². The second-order valence-electron chi connectivity index (χ2n) is 8.26. The van der Waals surface area contributed by atoms with Gasteiger partial charge in [0.2, 0.25) is 5.13 Å². The van der Waals surface area contributed by atoms with E-state index in [0.717, 1.165) is 18.4 Å². The van der Waals surface area contributed by atoms with Crippen LogP contribution in [0.25, 0.3) is 10.6 Å². The zero-order valence-corrected chi connectivity index (χ0v) is 18.8. The van der Waals surface area contributed by atoms with E-state index in [9.17, 15) is 19.5 Å². The number of amides is 4. The third-order valence-electron chi connectivity index (χ3n) is 5.73. The van der Waals surface area contributed by atoms with Crippen molar-refractivity contribution < 1.29 is 19.5 Å². The lowest BCUT2D eigenvalue weighted by Gasteiger charge is -2.38. The van der Waals surface area contributed by atoms with Crippen LogP contribution in [-0.4, -0.2) is 87.3 Å². The number of rotatable bonds is 5. The quantitative estimate of drug-likeness (QED) is 0.711. The largest absolute Gasteiger partial charge is 0.465 e. The number of aromatic nitrogens is 2. The summed E-state index contributed by atoms with van der Waals surface area (Å²) in [5.74, 6) is -0.0102. The molecule has 0 radical (unpaired) electrons. The van der Waals surface area contributed by atoms with Gasteiger partial charge in [0.05, 0.1) is 0 Å². The highest BCUT2D eigenvalue weighted by Crippen LogP contribution is 2.34. The fourth-order valence-corrected chi connectivity index (χ4v) is 4.55. The summed E-state index contributed by atoms with van der Waals surface area (Å²) >= 11 is 1.26. The van der Waals surface area contributed by atoms with Gasteiger partial charge in [0.25, 0.3) is 5.91 Å². The van der Waals surface area contributed by atoms with E-state index < -0.39 is 6.09 Å². The average Bonchev–Trinajstić information content (AvgIpc) is 3.51. The molecule has 0 unspecified atom stereocenters. The molecular formula is C21H26N6O4S. The molecule has 2 aliphatic rings. The predicted molar refractivity (Wildman–Crippen MR) is 120 cm³/mol. The number of anilines is 1. The first-order valence-corrected chi connectivity index (χ1v) is 11.4. The number of likely N-dealkylation sites (tertiary alicyclic amines) is 1. The van der Waals surface area contributed by atoms with E-state index in [1.165, 1.54) is 21.1 Å². The molecule has 1 saturated carbocycles. The van der Waals surface area contributed by atoms with Gasteiger partial charge in [0.1, 0.15) is 5.01 Å². The minimum atomic E-state index is -0.899. The fourth-order valence-electron chi connectivity index (χ4n) is 3.82. The number of carboxylic acid groups (broad SMARTS) is 1. The number of nitrogens with zero attached hydrogens (tertiary/aromatic N) is 5. The van der Waals surface area contributed by atoms with Crippen molar-refractivity contribution in [2.75, 3.05) is 32.5 Å². The maximum absolute atomic E-state index is 13.3. The molecule has 1 aromatic carbocycles. The Morgan fingerprint density at radius 2 is 1.66 bits per heavy atom. The van der Waals surface area contributed by atoms with Crippen molar-refractivity contribution in [3.63, 3.8) is 0 Å². The van der Waals surface area contributed by atoms with Crippen LogP contribution in [-0.2, 0) is 0 Å². The standard InChI is InChI=1S/C21H26N6O4S/c1-25(2)20(29)22-19-24-23-17(32-19)13-3-5-14(6-4-13)18(28)27(15-7-8-15)16-9-11-26(12-10-16)21(30)31/h3-6,15-16H,7-12H2,1-2H3,(H,30,31)(H,22,24,29). The predicted octanol–water partition coefficient (Wildman–Crippen LogP) is 3.05. The summed E-state index contributed by atoms with van der Waals surface area (Å²) in [5, 5.41) is 21.0. The van der Waals surface area contributed by atoms with E-state index in [2.05, 4.69) is 15.5 Å². The van der Waals surface area contributed by atoms with Gasteiger partial charge in [-0.1, -0.05) is 23.5 Å². The molecule has 32 heavy (non-hydrogen) atoms. The van der Waals surface area contributed by atoms with E-state index in [1.807, 2.05) is 17.0 Å². The van der Waals surface area contributed by atoms with Gasteiger partial charge in [-0.05, 0) is 37.8 Å². The first-order chi connectivity index (χ1) is 15.3. The Morgan fingerprint density at radius 1 is 1.03 bits per heavy atom. The Morgan fingerprint density at radius 3 is 2.22 bits per heavy atom. The van der Waals surface area contributed by atoms with Gasteiger partial charge in [-0.3, -0.25) is 10.1 Å². The van der Waals surface area contributed by atoms with E-state index >= 15 is 0 Å². The highest BCUT2D eigenvalue weighted by Gasteiger charge is 2.39. The molecule has 2 aromatic rings. The summed E-state index contributed by atoms with van der Waals surface area (Å²) in [5.41, 5.74) is 1.42. The van der Waals surface area contributed by atoms with E-state index in [0.29, 0.717) is 41.6 Å². The lowest BCUT2D eigenvalue weighted by Crippen LogP contribution is -2.49. The SMILES string of the molecule is CN(C)C(=O)Nc1nnc(-c2ccc(C(=O)N(C3CC3)C3CCN(C(=O)O)CC3)cc2)s1. The number of hydrogen-bond donors (Lipinski definition) is 2. The number of hydrogen-bond acceptors (Lipinski definition) is 6. The van der Waals surface area contributed by atoms with Crippen LogP contribution >= 0.6 is 11.3 Å². The number of carbonyl (C=O) groups excluding carboxylic acids is 2. The number of benzene rings is 1. The van der Waals surface area contributed by atoms with Crippen molar-refractivity contribution in [2.24, 2.45) is 0 Å². The van der Waals surface area contributed by atoms with Gasteiger partial charge >= 0.3 is 12.1 Å². The molecule has 4 amide bonds. The molecule has 4 rings (SSSR count). The number of urea groups is 1. The first-order valence-electron chi connectivity index (χ1n) is 10.6. The minimum absolute atomic E-state index is 0.0102. The Bertz CT molecular complexity index is 996. The lowest BCUT2D eigenvalue weighted by atomic mass is 10.0. The molecule has 0 spiro atoms. The molecule has 170 valence electrons. The molecule has 1 aliphatic carbocycles. The molecule has 1 saturated heterocycles. The van der Waals surface area contributed by atoms with E-state index in [1.54, 1.807) is 26.2 Å². The molecule has 1 aliphatic heterocycles. The second kappa shape index (κ2) is 9.11. The van der Waals surface area contributed by atoms with Gasteiger partial charge < -0.3 is 19.8 Å². The minimum Gasteiger partial charge on any atom is -0.465 e. The summed E-state index contributed by atoms with van der Waals surface area (Å²) in [6.07, 6.45) is 2.42. The molecule has 2 N–H and O–H groups in total. The van der Waals surface area contributed by atoms with Gasteiger partial charge in [-0.15, -0.1) is 10.2 Å². The Labute approximate surface area is 189 Å². The van der Waals surface area contributed by atoms with Gasteiger partial charge in [-0.2, -0.15) is 0 Å². The summed E-state index contributed by atoms with van der Waals surface area (Å²) in [6, 6.07) is 7.29. The molecule has 0 atom stereocenters. The second-order valence-corrected chi connectivity index (χ2v) is 9.24. The summed E-state index contributed by atoms with van der Waals surface area (Å²) in [7, 11) is 3.29. The number of carbonyl (C=O) groups is 3. The van der Waals surface area contributed by atoms with Crippen molar-refractivity contribution in [3.05, 3.63) is 29.8 Å². The molecule has 0 bridgehead atoms.